The third-order valence-corrected chi connectivity index (χ3v) is 2.64. The van der Waals surface area contributed by atoms with E-state index in [4.69, 9.17) is 0 Å². The Morgan fingerprint density at radius 3 is 3.07 bits per heavy atom. The number of fused-ring (bicyclic) bond motifs is 3. The highest BCUT2D eigenvalue weighted by Crippen LogP contribution is 2.21. The number of hydrogen-bond acceptors (Lipinski definition) is 2. The van der Waals surface area contributed by atoms with E-state index in [2.05, 4.69) is 28.2 Å². The molecule has 14 heavy (non-hydrogen) atoms. The second kappa shape index (κ2) is 2.91. The number of rotatable bonds is 0. The minimum Gasteiger partial charge on any atom is -0.292 e. The fraction of sp³-hybridized carbons (Fsp3) is 0.167. The van der Waals surface area contributed by atoms with Crippen LogP contribution in [0, 0.1) is 0 Å². The summed E-state index contributed by atoms with van der Waals surface area (Å²) in [6.45, 7) is 0.904. The molecule has 0 saturated carbocycles. The first kappa shape index (κ1) is 7.68. The van der Waals surface area contributed by atoms with Gasteiger partial charge in [-0.2, -0.15) is 0 Å². The molecule has 0 bridgehead atoms. The van der Waals surface area contributed by atoms with Gasteiger partial charge in [0.05, 0.1) is 5.52 Å². The van der Waals surface area contributed by atoms with Gasteiger partial charge in [-0.15, -0.1) is 0 Å². The molecule has 0 radical (unpaired) electrons. The molecule has 0 atom stereocenters. The molecule has 0 spiro atoms. The maximum absolute atomic E-state index is 4.40. The van der Waals surface area contributed by atoms with Gasteiger partial charge >= 0.3 is 0 Å². The van der Waals surface area contributed by atoms with E-state index >= 15 is 0 Å². The van der Waals surface area contributed by atoms with E-state index in [9.17, 15) is 0 Å². The lowest BCUT2D eigenvalue weighted by Crippen LogP contribution is -2.04. The monoisotopic (exact) mass is 182 g/mol. The molecule has 0 amide bonds. The largest absolute Gasteiger partial charge is 0.292 e. The first-order valence-corrected chi connectivity index (χ1v) is 4.81. The summed E-state index contributed by atoms with van der Waals surface area (Å²) in [5.74, 6) is 0. The fourth-order valence-electron chi connectivity index (χ4n) is 1.94. The standard InChI is InChI=1S/C12H10N2/c1-2-4-12-11(3-1)10-5-6-13-7-9(10)8-14-12/h1-4,7-8H,5-6H2. The van der Waals surface area contributed by atoms with E-state index in [-0.39, 0.29) is 0 Å². The Morgan fingerprint density at radius 1 is 1.14 bits per heavy atom. The molecule has 1 aromatic carbocycles. The molecule has 0 saturated heterocycles. The van der Waals surface area contributed by atoms with Crippen LogP contribution in [0.5, 0.6) is 0 Å². The van der Waals surface area contributed by atoms with Gasteiger partial charge in [0.25, 0.3) is 0 Å². The average Bonchev–Trinajstić information content (AvgIpc) is 2.29. The summed E-state index contributed by atoms with van der Waals surface area (Å²) in [4.78, 5) is 8.66. The van der Waals surface area contributed by atoms with Crippen LogP contribution in [0.3, 0.4) is 0 Å². The van der Waals surface area contributed by atoms with Crippen molar-refractivity contribution in [3.05, 3.63) is 41.6 Å². The molecular weight excluding hydrogens is 172 g/mol. The molecule has 0 aliphatic carbocycles. The Labute approximate surface area is 82.3 Å². The predicted octanol–water partition coefficient (Wildman–Crippen LogP) is 2.21. The Kier molecular flexibility index (Phi) is 1.60. The van der Waals surface area contributed by atoms with Crippen LogP contribution in [0.2, 0.25) is 0 Å². The van der Waals surface area contributed by atoms with Gasteiger partial charge in [0.2, 0.25) is 0 Å². The lowest BCUT2D eigenvalue weighted by atomic mass is 10.00. The smallest absolute Gasteiger partial charge is 0.0705 e. The summed E-state index contributed by atoms with van der Waals surface area (Å²) in [6.07, 6.45) is 4.88. The van der Waals surface area contributed by atoms with E-state index in [0.29, 0.717) is 0 Å². The quantitative estimate of drug-likeness (QED) is 0.613. The van der Waals surface area contributed by atoms with Gasteiger partial charge in [0.15, 0.2) is 0 Å². The molecule has 0 unspecified atom stereocenters. The molecule has 2 nitrogen and oxygen atoms in total. The molecular formula is C12H10N2. The van der Waals surface area contributed by atoms with E-state index in [1.165, 1.54) is 16.5 Å². The summed E-state index contributed by atoms with van der Waals surface area (Å²) >= 11 is 0. The van der Waals surface area contributed by atoms with Gasteiger partial charge in [0.1, 0.15) is 0 Å². The number of aromatic nitrogens is 1. The van der Waals surface area contributed by atoms with Crippen molar-refractivity contribution in [3.63, 3.8) is 0 Å². The molecule has 2 heterocycles. The van der Waals surface area contributed by atoms with Crippen LogP contribution in [0.4, 0.5) is 0 Å². The summed E-state index contributed by atoms with van der Waals surface area (Å²) in [5.41, 5.74) is 3.65. The van der Waals surface area contributed by atoms with Crippen LogP contribution in [-0.2, 0) is 6.42 Å². The van der Waals surface area contributed by atoms with Crippen molar-refractivity contribution < 1.29 is 0 Å². The Balaban J connectivity index is 2.41. The second-order valence-electron chi connectivity index (χ2n) is 3.49. The van der Waals surface area contributed by atoms with Crippen molar-refractivity contribution in [2.75, 3.05) is 6.54 Å². The molecule has 2 heteroatoms. The van der Waals surface area contributed by atoms with Crippen LogP contribution >= 0.6 is 0 Å². The summed E-state index contributed by atoms with van der Waals surface area (Å²) in [5, 5.41) is 1.27. The van der Waals surface area contributed by atoms with Crippen LogP contribution < -0.4 is 0 Å². The number of nitrogens with zero attached hydrogens (tertiary/aromatic N) is 2. The zero-order valence-electron chi connectivity index (χ0n) is 7.77. The summed E-state index contributed by atoms with van der Waals surface area (Å²) < 4.78 is 0. The van der Waals surface area contributed by atoms with Crippen molar-refractivity contribution in [2.45, 2.75) is 6.42 Å². The SMILES string of the molecule is C1=NCCc2c1cnc1ccccc21. The van der Waals surface area contributed by atoms with Crippen molar-refractivity contribution in [3.8, 4) is 0 Å². The Morgan fingerprint density at radius 2 is 2.07 bits per heavy atom. The molecule has 1 aliphatic heterocycles. The third-order valence-electron chi connectivity index (χ3n) is 2.64. The van der Waals surface area contributed by atoms with Crippen molar-refractivity contribution in [1.82, 2.24) is 4.98 Å². The molecule has 0 fully saturated rings. The van der Waals surface area contributed by atoms with Gasteiger partial charge in [0, 0.05) is 29.9 Å². The minimum absolute atomic E-state index is 0.904. The van der Waals surface area contributed by atoms with Crippen molar-refractivity contribution in [1.29, 1.82) is 0 Å². The molecule has 0 N–H and O–H groups in total. The molecule has 1 aromatic heterocycles. The molecule has 3 rings (SSSR count). The van der Waals surface area contributed by atoms with Gasteiger partial charge in [-0.1, -0.05) is 18.2 Å². The normalized spacial score (nSPS) is 14.3. The number of hydrogen-bond donors (Lipinski definition) is 0. The van der Waals surface area contributed by atoms with Crippen LogP contribution in [0.1, 0.15) is 11.1 Å². The first-order valence-electron chi connectivity index (χ1n) is 4.81. The zero-order valence-corrected chi connectivity index (χ0v) is 7.77. The summed E-state index contributed by atoms with van der Waals surface area (Å²) in [6, 6.07) is 8.29. The minimum atomic E-state index is 0.904. The number of benzene rings is 1. The zero-order chi connectivity index (χ0) is 9.38. The highest BCUT2D eigenvalue weighted by Gasteiger charge is 2.09. The molecule has 2 aromatic rings. The number of aliphatic imine (C=N–C) groups is 1. The van der Waals surface area contributed by atoms with E-state index in [1.54, 1.807) is 0 Å². The number of pyridine rings is 1. The topological polar surface area (TPSA) is 25.2 Å². The lowest BCUT2D eigenvalue weighted by molar-refractivity contribution is 0.958. The molecule has 1 aliphatic rings. The fourth-order valence-corrected chi connectivity index (χ4v) is 1.94. The van der Waals surface area contributed by atoms with Crippen molar-refractivity contribution >= 4 is 17.1 Å². The van der Waals surface area contributed by atoms with Crippen LogP contribution in [0.15, 0.2) is 35.5 Å². The summed E-state index contributed by atoms with van der Waals surface area (Å²) in [7, 11) is 0. The van der Waals surface area contributed by atoms with Gasteiger partial charge in [-0.05, 0) is 18.1 Å². The third kappa shape index (κ3) is 1.04. The highest BCUT2D eigenvalue weighted by molar-refractivity contribution is 5.92. The maximum Gasteiger partial charge on any atom is 0.0705 e. The van der Waals surface area contributed by atoms with Crippen LogP contribution in [0.25, 0.3) is 10.9 Å². The second-order valence-corrected chi connectivity index (χ2v) is 3.49. The maximum atomic E-state index is 4.40. The van der Waals surface area contributed by atoms with Crippen molar-refractivity contribution in [2.24, 2.45) is 4.99 Å². The van der Waals surface area contributed by atoms with Gasteiger partial charge in [-0.3, -0.25) is 9.98 Å². The Hall–Kier alpha value is -1.70. The van der Waals surface area contributed by atoms with Gasteiger partial charge in [-0.25, -0.2) is 0 Å². The Bertz CT molecular complexity index is 515. The molecule has 68 valence electrons. The van der Waals surface area contributed by atoms with E-state index in [1.807, 2.05) is 18.5 Å². The van der Waals surface area contributed by atoms with E-state index in [0.717, 1.165) is 18.5 Å². The van der Waals surface area contributed by atoms with E-state index < -0.39 is 0 Å². The highest BCUT2D eigenvalue weighted by atomic mass is 14.7. The van der Waals surface area contributed by atoms with Gasteiger partial charge < -0.3 is 0 Å². The average molecular weight is 182 g/mol. The predicted molar refractivity (Wildman–Crippen MR) is 57.9 cm³/mol. The first-order chi connectivity index (χ1) is 6.95. The number of para-hydroxylation sites is 1. The van der Waals surface area contributed by atoms with Crippen LogP contribution in [-0.4, -0.2) is 17.7 Å². The lowest BCUT2D eigenvalue weighted by Gasteiger charge is -2.11.